The molecule has 2 heteroatoms. The lowest BCUT2D eigenvalue weighted by Crippen LogP contribution is -2.51. The first-order valence-electron chi connectivity index (χ1n) is 6.43. The number of likely N-dealkylation sites (tertiary alicyclic amines) is 1. The SMILES string of the molecule is Cc1cccc([C@]2(O)C[C@@H](C)N(C)C[C@@H]2C)c1. The molecule has 0 radical (unpaired) electrons. The molecule has 1 saturated heterocycles. The molecule has 1 heterocycles. The third-order valence-corrected chi connectivity index (χ3v) is 4.25. The first-order valence-corrected chi connectivity index (χ1v) is 6.43. The maximum Gasteiger partial charge on any atom is 0.0949 e. The Balaban J connectivity index is 2.35. The standard InChI is InChI=1S/C15H23NO/c1-11-6-5-7-14(8-11)15(17)9-13(3)16(4)10-12(15)2/h5-8,12-13,17H,9-10H2,1-4H3/t12-,13+,15-/m0/s1. The first kappa shape index (κ1) is 12.6. The second-order valence-electron chi connectivity index (χ2n) is 5.69. The summed E-state index contributed by atoms with van der Waals surface area (Å²) in [7, 11) is 2.14. The van der Waals surface area contributed by atoms with Crippen LogP contribution in [0.15, 0.2) is 24.3 Å². The third-order valence-electron chi connectivity index (χ3n) is 4.25. The summed E-state index contributed by atoms with van der Waals surface area (Å²) < 4.78 is 0. The fourth-order valence-electron chi connectivity index (χ4n) is 2.89. The predicted molar refractivity (Wildman–Crippen MR) is 70.9 cm³/mol. The minimum Gasteiger partial charge on any atom is -0.385 e. The maximum atomic E-state index is 11.0. The third kappa shape index (κ3) is 2.24. The van der Waals surface area contributed by atoms with Gasteiger partial charge in [-0.2, -0.15) is 0 Å². The number of hydrogen-bond acceptors (Lipinski definition) is 2. The van der Waals surface area contributed by atoms with Crippen molar-refractivity contribution >= 4 is 0 Å². The van der Waals surface area contributed by atoms with E-state index in [1.165, 1.54) is 5.56 Å². The molecule has 94 valence electrons. The van der Waals surface area contributed by atoms with Crippen LogP contribution >= 0.6 is 0 Å². The summed E-state index contributed by atoms with van der Waals surface area (Å²) in [4.78, 5) is 2.33. The van der Waals surface area contributed by atoms with E-state index in [2.05, 4.69) is 50.9 Å². The molecule has 1 N–H and O–H groups in total. The van der Waals surface area contributed by atoms with Gasteiger partial charge in [0.15, 0.2) is 0 Å². The van der Waals surface area contributed by atoms with E-state index in [1.54, 1.807) is 0 Å². The number of benzene rings is 1. The lowest BCUT2D eigenvalue weighted by molar-refractivity contribution is -0.0843. The fraction of sp³-hybridized carbons (Fsp3) is 0.600. The normalized spacial score (nSPS) is 34.9. The van der Waals surface area contributed by atoms with E-state index in [0.717, 1.165) is 18.5 Å². The van der Waals surface area contributed by atoms with Gasteiger partial charge in [0.25, 0.3) is 0 Å². The highest BCUT2D eigenvalue weighted by Crippen LogP contribution is 2.39. The van der Waals surface area contributed by atoms with Crippen LogP contribution in [0.5, 0.6) is 0 Å². The maximum absolute atomic E-state index is 11.0. The minimum absolute atomic E-state index is 0.269. The average Bonchev–Trinajstić information content (AvgIpc) is 2.26. The van der Waals surface area contributed by atoms with Crippen LogP contribution < -0.4 is 0 Å². The number of piperidine rings is 1. The van der Waals surface area contributed by atoms with E-state index in [-0.39, 0.29) is 5.92 Å². The summed E-state index contributed by atoms with van der Waals surface area (Å²) >= 11 is 0. The molecule has 1 aliphatic rings. The van der Waals surface area contributed by atoms with E-state index in [4.69, 9.17) is 0 Å². The molecule has 1 aromatic carbocycles. The van der Waals surface area contributed by atoms with Gasteiger partial charge in [-0.15, -0.1) is 0 Å². The topological polar surface area (TPSA) is 23.5 Å². The number of aryl methyl sites for hydroxylation is 1. The van der Waals surface area contributed by atoms with E-state index in [1.807, 2.05) is 6.07 Å². The predicted octanol–water partition coefficient (Wildman–Crippen LogP) is 2.54. The molecule has 0 bridgehead atoms. The van der Waals surface area contributed by atoms with Crippen molar-refractivity contribution in [2.24, 2.45) is 5.92 Å². The van der Waals surface area contributed by atoms with E-state index in [0.29, 0.717) is 6.04 Å². The van der Waals surface area contributed by atoms with Crippen molar-refractivity contribution in [2.75, 3.05) is 13.6 Å². The largest absolute Gasteiger partial charge is 0.385 e. The van der Waals surface area contributed by atoms with Gasteiger partial charge in [-0.25, -0.2) is 0 Å². The van der Waals surface area contributed by atoms with Gasteiger partial charge in [-0.05, 0) is 32.9 Å². The van der Waals surface area contributed by atoms with E-state index >= 15 is 0 Å². The molecular weight excluding hydrogens is 210 g/mol. The van der Waals surface area contributed by atoms with Crippen LogP contribution in [0.2, 0.25) is 0 Å². The molecule has 2 rings (SSSR count). The quantitative estimate of drug-likeness (QED) is 0.806. The highest BCUT2D eigenvalue weighted by atomic mass is 16.3. The summed E-state index contributed by atoms with van der Waals surface area (Å²) in [5.74, 6) is 0.269. The molecule has 0 aromatic heterocycles. The van der Waals surface area contributed by atoms with Crippen LogP contribution in [0.3, 0.4) is 0 Å². The van der Waals surface area contributed by atoms with Crippen molar-refractivity contribution in [3.63, 3.8) is 0 Å². The Morgan fingerprint density at radius 3 is 2.71 bits per heavy atom. The van der Waals surface area contributed by atoms with Gasteiger partial charge in [0, 0.05) is 18.5 Å². The van der Waals surface area contributed by atoms with Crippen molar-refractivity contribution < 1.29 is 5.11 Å². The van der Waals surface area contributed by atoms with E-state index in [9.17, 15) is 5.11 Å². The zero-order chi connectivity index (χ0) is 12.6. The summed E-state index contributed by atoms with van der Waals surface area (Å²) in [6.07, 6.45) is 0.814. The van der Waals surface area contributed by atoms with Gasteiger partial charge in [-0.1, -0.05) is 36.8 Å². The summed E-state index contributed by atoms with van der Waals surface area (Å²) in [6.45, 7) is 7.36. The Kier molecular flexibility index (Phi) is 3.28. The lowest BCUT2D eigenvalue weighted by atomic mass is 9.74. The van der Waals surface area contributed by atoms with E-state index < -0.39 is 5.60 Å². The highest BCUT2D eigenvalue weighted by Gasteiger charge is 2.42. The molecule has 0 amide bonds. The summed E-state index contributed by atoms with van der Waals surface area (Å²) in [6, 6.07) is 8.72. The van der Waals surface area contributed by atoms with Crippen LogP contribution in [-0.4, -0.2) is 29.6 Å². The van der Waals surface area contributed by atoms with Gasteiger partial charge >= 0.3 is 0 Å². The number of aliphatic hydroxyl groups is 1. The molecule has 0 saturated carbocycles. The molecule has 0 unspecified atom stereocenters. The molecule has 0 aliphatic carbocycles. The molecule has 1 aliphatic heterocycles. The highest BCUT2D eigenvalue weighted by molar-refractivity contribution is 5.29. The van der Waals surface area contributed by atoms with Crippen LogP contribution in [0.1, 0.15) is 31.4 Å². The molecule has 0 spiro atoms. The average molecular weight is 233 g/mol. The Labute approximate surface area is 104 Å². The second kappa shape index (κ2) is 4.43. The minimum atomic E-state index is -0.669. The Bertz CT molecular complexity index is 404. The smallest absolute Gasteiger partial charge is 0.0949 e. The number of rotatable bonds is 1. The van der Waals surface area contributed by atoms with Gasteiger partial charge in [0.05, 0.1) is 5.60 Å². The lowest BCUT2D eigenvalue weighted by Gasteiger charge is -2.46. The van der Waals surface area contributed by atoms with Crippen LogP contribution in [0, 0.1) is 12.8 Å². The second-order valence-corrected chi connectivity index (χ2v) is 5.69. The van der Waals surface area contributed by atoms with Crippen molar-refractivity contribution in [1.82, 2.24) is 4.90 Å². The van der Waals surface area contributed by atoms with Gasteiger partial charge < -0.3 is 10.0 Å². The van der Waals surface area contributed by atoms with Gasteiger partial charge in [-0.3, -0.25) is 0 Å². The molecular formula is C15H23NO. The zero-order valence-corrected chi connectivity index (χ0v) is 11.3. The Hall–Kier alpha value is -0.860. The van der Waals surface area contributed by atoms with Gasteiger partial charge in [0.2, 0.25) is 0 Å². The first-order chi connectivity index (χ1) is 7.93. The van der Waals surface area contributed by atoms with Gasteiger partial charge in [0.1, 0.15) is 0 Å². The molecule has 1 aromatic rings. The Morgan fingerprint density at radius 1 is 1.35 bits per heavy atom. The summed E-state index contributed by atoms with van der Waals surface area (Å²) in [5.41, 5.74) is 1.62. The van der Waals surface area contributed by atoms with Crippen LogP contribution in [0.25, 0.3) is 0 Å². The molecule has 2 nitrogen and oxygen atoms in total. The zero-order valence-electron chi connectivity index (χ0n) is 11.3. The summed E-state index contributed by atoms with van der Waals surface area (Å²) in [5, 5.41) is 11.0. The Morgan fingerprint density at radius 2 is 2.06 bits per heavy atom. The molecule has 17 heavy (non-hydrogen) atoms. The van der Waals surface area contributed by atoms with Crippen LogP contribution in [-0.2, 0) is 5.60 Å². The molecule has 1 fully saturated rings. The molecule has 3 atom stereocenters. The van der Waals surface area contributed by atoms with Crippen molar-refractivity contribution in [1.29, 1.82) is 0 Å². The number of hydrogen-bond donors (Lipinski definition) is 1. The van der Waals surface area contributed by atoms with Crippen molar-refractivity contribution in [3.05, 3.63) is 35.4 Å². The monoisotopic (exact) mass is 233 g/mol. The number of nitrogens with zero attached hydrogens (tertiary/aromatic N) is 1. The van der Waals surface area contributed by atoms with Crippen molar-refractivity contribution in [2.45, 2.75) is 38.8 Å². The van der Waals surface area contributed by atoms with Crippen molar-refractivity contribution in [3.8, 4) is 0 Å². The fourth-order valence-corrected chi connectivity index (χ4v) is 2.89. The van der Waals surface area contributed by atoms with Crippen LogP contribution in [0.4, 0.5) is 0 Å².